The number of unbranched alkanes of at least 4 members (excludes halogenated alkanes) is 1. The lowest BCUT2D eigenvalue weighted by Crippen LogP contribution is -2.22. The number of halogens is 1. The van der Waals surface area contributed by atoms with Crippen molar-refractivity contribution in [2.24, 2.45) is 0 Å². The van der Waals surface area contributed by atoms with Crippen LogP contribution >= 0.6 is 12.4 Å². The van der Waals surface area contributed by atoms with Gasteiger partial charge in [-0.3, -0.25) is 4.79 Å². The van der Waals surface area contributed by atoms with Gasteiger partial charge in [0.15, 0.2) is 5.76 Å². The molecule has 0 bridgehead atoms. The van der Waals surface area contributed by atoms with Gasteiger partial charge in [0.05, 0.1) is 6.61 Å². The van der Waals surface area contributed by atoms with E-state index in [4.69, 9.17) is 9.15 Å². The number of ether oxygens (including phenoxy) is 1. The van der Waals surface area contributed by atoms with Crippen LogP contribution in [0.3, 0.4) is 0 Å². The van der Waals surface area contributed by atoms with Crippen molar-refractivity contribution in [2.45, 2.75) is 46.0 Å². The van der Waals surface area contributed by atoms with Crippen LogP contribution in [0, 0.1) is 6.92 Å². The summed E-state index contributed by atoms with van der Waals surface area (Å²) in [6, 6.07) is 13.6. The number of furan rings is 1. The second-order valence-corrected chi connectivity index (χ2v) is 8.26. The summed E-state index contributed by atoms with van der Waals surface area (Å²) in [7, 11) is 0. The zero-order chi connectivity index (χ0) is 20.9. The molecule has 1 aliphatic heterocycles. The number of carbonyl (C=O) groups excluding carboxylic acids is 1. The molecule has 3 aromatic rings. The van der Waals surface area contributed by atoms with E-state index in [1.54, 1.807) is 0 Å². The Kier molecular flexibility index (Phi) is 8.16. The lowest BCUT2D eigenvalue weighted by Gasteiger charge is -2.14. The Hall–Kier alpha value is -2.30. The van der Waals surface area contributed by atoms with E-state index in [0.29, 0.717) is 17.9 Å². The van der Waals surface area contributed by atoms with Crippen molar-refractivity contribution in [3.05, 3.63) is 64.9 Å². The molecule has 4 nitrogen and oxygen atoms in total. The average Bonchev–Trinajstić information content (AvgIpc) is 3.40. The number of carbonyl (C=O) groups is 1. The topological polar surface area (TPSA) is 42.7 Å². The number of aryl methyl sites for hydroxylation is 1. The number of hydrogen-bond donors (Lipinski definition) is 0. The highest BCUT2D eigenvalue weighted by Gasteiger charge is 2.23. The lowest BCUT2D eigenvalue weighted by molar-refractivity contribution is 0.101. The Labute approximate surface area is 191 Å². The van der Waals surface area contributed by atoms with Crippen LogP contribution in [-0.4, -0.2) is 36.9 Å². The van der Waals surface area contributed by atoms with Crippen LogP contribution in [0.25, 0.3) is 11.0 Å². The zero-order valence-corrected chi connectivity index (χ0v) is 19.3. The van der Waals surface area contributed by atoms with Gasteiger partial charge in [-0.05, 0) is 82.1 Å². The summed E-state index contributed by atoms with van der Waals surface area (Å²) in [4.78, 5) is 15.8. The standard InChI is InChI=1S/C26H31NO3.ClH/c1-3-4-17-29-21-10-8-20(9-11-21)25(28)26-22(13-16-27-14-5-6-15-27)23-18-19(2)7-12-24(23)30-26;/h7-12,18H,3-6,13-17H2,1-2H3;1H. The molecule has 0 aliphatic carbocycles. The van der Waals surface area contributed by atoms with Gasteiger partial charge in [-0.25, -0.2) is 0 Å². The van der Waals surface area contributed by atoms with Crippen molar-refractivity contribution in [3.63, 3.8) is 0 Å². The lowest BCUT2D eigenvalue weighted by atomic mass is 10.0. The van der Waals surface area contributed by atoms with E-state index in [1.165, 1.54) is 18.4 Å². The van der Waals surface area contributed by atoms with Gasteiger partial charge in [-0.2, -0.15) is 0 Å². The Morgan fingerprint density at radius 3 is 2.55 bits per heavy atom. The molecule has 1 fully saturated rings. The molecule has 2 heterocycles. The molecule has 1 aromatic heterocycles. The monoisotopic (exact) mass is 441 g/mol. The van der Waals surface area contributed by atoms with E-state index in [-0.39, 0.29) is 18.2 Å². The molecule has 5 heteroatoms. The van der Waals surface area contributed by atoms with Crippen LogP contribution < -0.4 is 4.74 Å². The molecule has 31 heavy (non-hydrogen) atoms. The first-order valence-corrected chi connectivity index (χ1v) is 11.2. The van der Waals surface area contributed by atoms with Crippen LogP contribution in [-0.2, 0) is 6.42 Å². The van der Waals surface area contributed by atoms with Gasteiger partial charge in [0, 0.05) is 23.1 Å². The highest BCUT2D eigenvalue weighted by atomic mass is 35.5. The summed E-state index contributed by atoms with van der Waals surface area (Å²) >= 11 is 0. The smallest absolute Gasteiger partial charge is 0.228 e. The van der Waals surface area contributed by atoms with E-state index in [2.05, 4.69) is 24.8 Å². The third-order valence-corrected chi connectivity index (χ3v) is 5.91. The molecule has 4 rings (SSSR count). The van der Waals surface area contributed by atoms with E-state index >= 15 is 0 Å². The molecule has 0 spiro atoms. The molecule has 0 unspecified atom stereocenters. The summed E-state index contributed by atoms with van der Waals surface area (Å²) in [5.74, 6) is 1.23. The predicted molar refractivity (Wildman–Crippen MR) is 128 cm³/mol. The first-order chi connectivity index (χ1) is 14.7. The maximum absolute atomic E-state index is 13.3. The van der Waals surface area contributed by atoms with E-state index in [9.17, 15) is 4.79 Å². The fourth-order valence-electron chi connectivity index (χ4n) is 4.14. The second kappa shape index (κ2) is 10.8. The van der Waals surface area contributed by atoms with Crippen LogP contribution in [0.2, 0.25) is 0 Å². The molecule has 0 radical (unpaired) electrons. The molecule has 166 valence electrons. The number of rotatable bonds is 9. The number of likely N-dealkylation sites (tertiary alicyclic amines) is 1. The Morgan fingerprint density at radius 1 is 1.10 bits per heavy atom. The molecule has 0 amide bonds. The quantitative estimate of drug-likeness (QED) is 0.292. The molecule has 1 saturated heterocycles. The summed E-state index contributed by atoms with van der Waals surface area (Å²) in [5, 5.41) is 1.07. The van der Waals surface area contributed by atoms with Crippen LogP contribution in [0.5, 0.6) is 5.75 Å². The molecule has 0 N–H and O–H groups in total. The summed E-state index contributed by atoms with van der Waals surface area (Å²) in [6.45, 7) is 8.19. The molecule has 1 aliphatic rings. The van der Waals surface area contributed by atoms with Gasteiger partial charge < -0.3 is 14.1 Å². The largest absolute Gasteiger partial charge is 0.494 e. The minimum Gasteiger partial charge on any atom is -0.494 e. The normalized spacial score (nSPS) is 14.0. The van der Waals surface area contributed by atoms with Crippen LogP contribution in [0.4, 0.5) is 0 Å². The minimum absolute atomic E-state index is 0. The summed E-state index contributed by atoms with van der Waals surface area (Å²) in [6.07, 6.45) is 5.49. The van der Waals surface area contributed by atoms with Crippen molar-refractivity contribution < 1.29 is 13.9 Å². The Balaban J connectivity index is 0.00000272. The van der Waals surface area contributed by atoms with Gasteiger partial charge in [0.25, 0.3) is 0 Å². The van der Waals surface area contributed by atoms with Crippen molar-refractivity contribution in [1.82, 2.24) is 4.90 Å². The Bertz CT molecular complexity index is 1000. The van der Waals surface area contributed by atoms with Crippen molar-refractivity contribution >= 4 is 29.2 Å². The van der Waals surface area contributed by atoms with Crippen LogP contribution in [0.15, 0.2) is 46.9 Å². The van der Waals surface area contributed by atoms with Crippen LogP contribution in [0.1, 0.15) is 59.9 Å². The maximum Gasteiger partial charge on any atom is 0.228 e. The van der Waals surface area contributed by atoms with Gasteiger partial charge in [0.2, 0.25) is 5.78 Å². The summed E-state index contributed by atoms with van der Waals surface area (Å²) < 4.78 is 11.8. The van der Waals surface area contributed by atoms with E-state index in [1.807, 2.05) is 36.4 Å². The minimum atomic E-state index is -0.0552. The first kappa shape index (κ1) is 23.4. The number of benzene rings is 2. The number of nitrogens with zero attached hydrogens (tertiary/aromatic N) is 1. The Morgan fingerprint density at radius 2 is 1.84 bits per heavy atom. The molecule has 0 saturated carbocycles. The predicted octanol–water partition coefficient (Wildman–Crippen LogP) is 6.21. The third kappa shape index (κ3) is 5.50. The molecule has 2 aromatic carbocycles. The van der Waals surface area contributed by atoms with E-state index < -0.39 is 0 Å². The average molecular weight is 442 g/mol. The number of hydrogen-bond acceptors (Lipinski definition) is 4. The van der Waals surface area contributed by atoms with E-state index in [0.717, 1.165) is 61.2 Å². The zero-order valence-electron chi connectivity index (χ0n) is 18.5. The number of ketones is 1. The molecule has 0 atom stereocenters. The van der Waals surface area contributed by atoms with Crippen molar-refractivity contribution in [3.8, 4) is 5.75 Å². The second-order valence-electron chi connectivity index (χ2n) is 8.26. The maximum atomic E-state index is 13.3. The van der Waals surface area contributed by atoms with Gasteiger partial charge in [-0.1, -0.05) is 25.0 Å². The highest BCUT2D eigenvalue weighted by molar-refractivity contribution is 6.10. The SMILES string of the molecule is CCCCOc1ccc(C(=O)c2oc3ccc(C)cc3c2CCN2CCCC2)cc1.Cl. The van der Waals surface area contributed by atoms with Crippen molar-refractivity contribution in [1.29, 1.82) is 0 Å². The molecular weight excluding hydrogens is 410 g/mol. The molecular formula is C26H32ClNO3. The third-order valence-electron chi connectivity index (χ3n) is 5.91. The summed E-state index contributed by atoms with van der Waals surface area (Å²) in [5.41, 5.74) is 3.64. The van der Waals surface area contributed by atoms with Crippen molar-refractivity contribution in [2.75, 3.05) is 26.2 Å². The number of fused-ring (bicyclic) bond motifs is 1. The fraction of sp³-hybridized carbons (Fsp3) is 0.423. The van der Waals surface area contributed by atoms with Gasteiger partial charge in [0.1, 0.15) is 11.3 Å². The highest BCUT2D eigenvalue weighted by Crippen LogP contribution is 2.30. The van der Waals surface area contributed by atoms with Gasteiger partial charge in [-0.15, -0.1) is 12.4 Å². The first-order valence-electron chi connectivity index (χ1n) is 11.2. The van der Waals surface area contributed by atoms with Gasteiger partial charge >= 0.3 is 0 Å². The fourth-order valence-corrected chi connectivity index (χ4v) is 4.14.